The third-order valence-electron chi connectivity index (χ3n) is 5.18. The molecule has 7 heteroatoms. The maximum Gasteiger partial charge on any atom is 0.251 e. The Morgan fingerprint density at radius 1 is 1.21 bits per heavy atom. The van der Waals surface area contributed by atoms with Crippen molar-refractivity contribution in [2.24, 2.45) is 0 Å². The highest BCUT2D eigenvalue weighted by atomic mass is 16.5. The van der Waals surface area contributed by atoms with Crippen LogP contribution in [-0.2, 0) is 14.3 Å². The summed E-state index contributed by atoms with van der Waals surface area (Å²) in [4.78, 5) is 25.4. The molecule has 3 saturated heterocycles. The van der Waals surface area contributed by atoms with Gasteiger partial charge in [0.2, 0.25) is 0 Å². The van der Waals surface area contributed by atoms with Gasteiger partial charge in [-0.25, -0.2) is 4.98 Å². The first-order valence-electron chi connectivity index (χ1n) is 8.81. The predicted octanol–water partition coefficient (Wildman–Crippen LogP) is 0.853. The van der Waals surface area contributed by atoms with Crippen molar-refractivity contribution < 1.29 is 14.3 Å². The summed E-state index contributed by atoms with van der Waals surface area (Å²) in [6.45, 7) is 4.29. The second kappa shape index (κ2) is 6.64. The molecule has 3 fully saturated rings. The van der Waals surface area contributed by atoms with Crippen LogP contribution < -0.4 is 4.90 Å². The molecule has 0 aliphatic carbocycles. The van der Waals surface area contributed by atoms with Crippen LogP contribution in [0.1, 0.15) is 25.7 Å². The number of rotatable bonds is 2. The van der Waals surface area contributed by atoms with Gasteiger partial charge in [0, 0.05) is 32.1 Å². The molecule has 3 aliphatic heterocycles. The Morgan fingerprint density at radius 3 is 2.96 bits per heavy atom. The van der Waals surface area contributed by atoms with Crippen molar-refractivity contribution in [3.63, 3.8) is 0 Å². The van der Waals surface area contributed by atoms with Crippen LogP contribution >= 0.6 is 0 Å². The van der Waals surface area contributed by atoms with Gasteiger partial charge in [-0.1, -0.05) is 0 Å². The van der Waals surface area contributed by atoms with E-state index in [0.29, 0.717) is 26.3 Å². The van der Waals surface area contributed by atoms with Crippen LogP contribution in [0.25, 0.3) is 0 Å². The van der Waals surface area contributed by atoms with E-state index in [2.05, 4.69) is 14.9 Å². The van der Waals surface area contributed by atoms with Gasteiger partial charge < -0.3 is 19.3 Å². The highest BCUT2D eigenvalue weighted by molar-refractivity contribution is 5.81. The molecule has 3 aliphatic rings. The second-order valence-electron chi connectivity index (χ2n) is 6.88. The summed E-state index contributed by atoms with van der Waals surface area (Å²) in [6.07, 6.45) is 8.75. The molecule has 0 bridgehead atoms. The van der Waals surface area contributed by atoms with Crippen LogP contribution in [0.4, 0.5) is 5.82 Å². The average Bonchev–Trinajstić information content (AvgIpc) is 3.17. The summed E-state index contributed by atoms with van der Waals surface area (Å²) in [5, 5.41) is 0. The van der Waals surface area contributed by atoms with E-state index in [9.17, 15) is 4.79 Å². The van der Waals surface area contributed by atoms with E-state index in [1.165, 1.54) is 0 Å². The summed E-state index contributed by atoms with van der Waals surface area (Å²) >= 11 is 0. The zero-order chi connectivity index (χ0) is 16.4. The molecule has 4 heterocycles. The molecule has 7 nitrogen and oxygen atoms in total. The zero-order valence-electron chi connectivity index (χ0n) is 13.9. The van der Waals surface area contributed by atoms with Crippen LogP contribution in [0.3, 0.4) is 0 Å². The minimum Gasteiger partial charge on any atom is -0.369 e. The summed E-state index contributed by atoms with van der Waals surface area (Å²) in [6, 6.07) is 0. The number of hydrogen-bond acceptors (Lipinski definition) is 6. The van der Waals surface area contributed by atoms with Gasteiger partial charge in [0.25, 0.3) is 5.91 Å². The van der Waals surface area contributed by atoms with E-state index >= 15 is 0 Å². The number of morpholine rings is 1. The third kappa shape index (κ3) is 3.10. The maximum atomic E-state index is 12.7. The minimum atomic E-state index is -0.303. The van der Waals surface area contributed by atoms with Gasteiger partial charge in [0.15, 0.2) is 0 Å². The average molecular weight is 332 g/mol. The smallest absolute Gasteiger partial charge is 0.251 e. The first-order chi connectivity index (χ1) is 11.8. The lowest BCUT2D eigenvalue weighted by molar-refractivity contribution is -0.160. The monoisotopic (exact) mass is 332 g/mol. The number of amides is 1. The zero-order valence-corrected chi connectivity index (χ0v) is 13.9. The van der Waals surface area contributed by atoms with Crippen molar-refractivity contribution in [3.05, 3.63) is 18.6 Å². The lowest BCUT2D eigenvalue weighted by atomic mass is 9.90. The third-order valence-corrected chi connectivity index (χ3v) is 5.18. The molecule has 0 radical (unpaired) electrons. The number of hydrogen-bond donors (Lipinski definition) is 0. The number of nitrogens with zero attached hydrogens (tertiary/aromatic N) is 4. The van der Waals surface area contributed by atoms with Crippen molar-refractivity contribution in [1.82, 2.24) is 14.9 Å². The largest absolute Gasteiger partial charge is 0.369 e. The number of ether oxygens (including phenoxy) is 2. The van der Waals surface area contributed by atoms with E-state index in [4.69, 9.17) is 9.47 Å². The van der Waals surface area contributed by atoms with Gasteiger partial charge in [0.1, 0.15) is 17.5 Å². The van der Waals surface area contributed by atoms with Crippen LogP contribution in [-0.4, -0.2) is 71.9 Å². The lowest BCUT2D eigenvalue weighted by Gasteiger charge is -2.48. The minimum absolute atomic E-state index is 0.131. The lowest BCUT2D eigenvalue weighted by Crippen LogP contribution is -2.61. The summed E-state index contributed by atoms with van der Waals surface area (Å²) in [5.74, 6) is 1.01. The Morgan fingerprint density at radius 2 is 2.17 bits per heavy atom. The standard InChI is InChI=1S/C17H24N4O3/c22-16(14-3-1-9-23-14)21-8-10-24-17(13-21)4-2-7-20(12-17)15-11-18-5-6-19-15/h5-6,11,14H,1-4,7-10,12-13H2/t14-,17?/m1/s1. The molecule has 1 unspecified atom stereocenters. The number of carbonyl (C=O) groups excluding carboxylic acids is 1. The Balaban J connectivity index is 1.46. The van der Waals surface area contributed by atoms with Gasteiger partial charge in [-0.05, 0) is 25.7 Å². The van der Waals surface area contributed by atoms with Crippen LogP contribution in [0, 0.1) is 0 Å². The van der Waals surface area contributed by atoms with Gasteiger partial charge in [-0.15, -0.1) is 0 Å². The van der Waals surface area contributed by atoms with Crippen LogP contribution in [0.5, 0.6) is 0 Å². The van der Waals surface area contributed by atoms with Gasteiger partial charge in [0.05, 0.1) is 25.9 Å². The molecule has 4 rings (SSSR count). The highest BCUT2D eigenvalue weighted by Crippen LogP contribution is 2.31. The topological polar surface area (TPSA) is 67.8 Å². The van der Waals surface area contributed by atoms with Gasteiger partial charge in [-0.3, -0.25) is 9.78 Å². The van der Waals surface area contributed by atoms with E-state index in [1.807, 2.05) is 4.90 Å². The molecule has 0 N–H and O–H groups in total. The molecule has 0 aromatic carbocycles. The quantitative estimate of drug-likeness (QED) is 0.800. The predicted molar refractivity (Wildman–Crippen MR) is 87.7 cm³/mol. The molecule has 130 valence electrons. The van der Waals surface area contributed by atoms with Crippen LogP contribution in [0.2, 0.25) is 0 Å². The fourth-order valence-corrected chi connectivity index (χ4v) is 4.00. The molecule has 0 saturated carbocycles. The van der Waals surface area contributed by atoms with Crippen molar-refractivity contribution >= 4 is 11.7 Å². The molecular formula is C17H24N4O3. The Labute approximate surface area is 142 Å². The SMILES string of the molecule is O=C([C@H]1CCCO1)N1CCOC2(CCCN(c3cnccn3)C2)C1. The van der Waals surface area contributed by atoms with E-state index < -0.39 is 0 Å². The maximum absolute atomic E-state index is 12.7. The van der Waals surface area contributed by atoms with Gasteiger partial charge in [-0.2, -0.15) is 0 Å². The molecule has 1 amide bonds. The first-order valence-corrected chi connectivity index (χ1v) is 8.81. The van der Waals surface area contributed by atoms with Crippen LogP contribution in [0.15, 0.2) is 18.6 Å². The summed E-state index contributed by atoms with van der Waals surface area (Å²) < 4.78 is 11.8. The normalized spacial score (nSPS) is 30.8. The van der Waals surface area contributed by atoms with Crippen molar-refractivity contribution in [1.29, 1.82) is 0 Å². The number of carbonyl (C=O) groups is 1. The fraction of sp³-hybridized carbons (Fsp3) is 0.706. The molecule has 1 spiro atoms. The highest BCUT2D eigenvalue weighted by Gasteiger charge is 2.43. The van der Waals surface area contributed by atoms with Crippen molar-refractivity contribution in [3.8, 4) is 0 Å². The van der Waals surface area contributed by atoms with Crippen molar-refractivity contribution in [2.45, 2.75) is 37.4 Å². The van der Waals surface area contributed by atoms with Crippen molar-refractivity contribution in [2.75, 3.05) is 44.3 Å². The number of anilines is 1. The fourth-order valence-electron chi connectivity index (χ4n) is 4.00. The molecule has 1 aromatic heterocycles. The van der Waals surface area contributed by atoms with E-state index in [0.717, 1.165) is 44.6 Å². The Kier molecular flexibility index (Phi) is 4.37. The molecule has 1 aromatic rings. The van der Waals surface area contributed by atoms with E-state index in [-0.39, 0.29) is 17.6 Å². The number of piperidine rings is 1. The Hall–Kier alpha value is -1.73. The van der Waals surface area contributed by atoms with Gasteiger partial charge >= 0.3 is 0 Å². The second-order valence-corrected chi connectivity index (χ2v) is 6.88. The van der Waals surface area contributed by atoms with E-state index in [1.54, 1.807) is 18.6 Å². The number of aromatic nitrogens is 2. The molecule has 2 atom stereocenters. The summed E-state index contributed by atoms with van der Waals surface area (Å²) in [5.41, 5.74) is -0.303. The summed E-state index contributed by atoms with van der Waals surface area (Å²) in [7, 11) is 0. The molecule has 24 heavy (non-hydrogen) atoms. The first kappa shape index (κ1) is 15.8. The molecular weight excluding hydrogens is 308 g/mol. The Bertz CT molecular complexity index is 574.